The van der Waals surface area contributed by atoms with Crippen molar-refractivity contribution in [1.82, 2.24) is 0 Å². The van der Waals surface area contributed by atoms with Gasteiger partial charge in [-0.25, -0.2) is 0 Å². The summed E-state index contributed by atoms with van der Waals surface area (Å²) in [5, 5.41) is 0. The fourth-order valence-corrected chi connectivity index (χ4v) is 9.33. The highest BCUT2D eigenvalue weighted by atomic mass is 16.5. The number of benzene rings is 6. The molecular weight excluding hydrogens is 681 g/mol. The van der Waals surface area contributed by atoms with Gasteiger partial charge in [-0.3, -0.25) is 0 Å². The van der Waals surface area contributed by atoms with Gasteiger partial charge in [-0.2, -0.15) is 0 Å². The Balaban J connectivity index is 1.37. The molecule has 2 aliphatic heterocycles. The summed E-state index contributed by atoms with van der Waals surface area (Å²) < 4.78 is 13.9. The topological polar surface area (TPSA) is 21.7 Å². The van der Waals surface area contributed by atoms with Gasteiger partial charge in [0.1, 0.15) is 23.0 Å². The van der Waals surface area contributed by atoms with Gasteiger partial charge in [-0.05, 0) is 109 Å². The Morgan fingerprint density at radius 2 is 1.12 bits per heavy atom. The summed E-state index contributed by atoms with van der Waals surface area (Å²) in [5.74, 6) is 3.57. The zero-order chi connectivity index (χ0) is 39.5. The van der Waals surface area contributed by atoms with E-state index in [9.17, 15) is 0 Å². The molecule has 2 heterocycles. The molecule has 6 aromatic rings. The van der Waals surface area contributed by atoms with E-state index in [2.05, 4.69) is 196 Å². The third-order valence-corrected chi connectivity index (χ3v) is 13.1. The van der Waals surface area contributed by atoms with Crippen molar-refractivity contribution in [3.8, 4) is 34.1 Å². The van der Waals surface area contributed by atoms with Crippen LogP contribution in [0, 0.1) is 0 Å². The van der Waals surface area contributed by atoms with E-state index in [1.54, 1.807) is 0 Å². The molecular formula is C52H54BNO2. The maximum atomic E-state index is 7.16. The Kier molecular flexibility index (Phi) is 8.06. The van der Waals surface area contributed by atoms with E-state index >= 15 is 0 Å². The van der Waals surface area contributed by atoms with E-state index < -0.39 is 0 Å². The van der Waals surface area contributed by atoms with Gasteiger partial charge in [-0.1, -0.05) is 143 Å². The van der Waals surface area contributed by atoms with Crippen LogP contribution in [0.25, 0.3) is 11.1 Å². The van der Waals surface area contributed by atoms with E-state index in [0.717, 1.165) is 51.9 Å². The third-order valence-electron chi connectivity index (χ3n) is 13.1. The van der Waals surface area contributed by atoms with Crippen molar-refractivity contribution in [2.45, 2.75) is 104 Å². The molecule has 0 spiro atoms. The smallest absolute Gasteiger partial charge is 0.261 e. The molecule has 0 aromatic heterocycles. The second-order valence-corrected chi connectivity index (χ2v) is 19.5. The number of ether oxygens (including phenoxy) is 2. The third kappa shape index (κ3) is 5.54. The highest BCUT2D eigenvalue weighted by Gasteiger charge is 2.49. The van der Waals surface area contributed by atoms with Crippen molar-refractivity contribution in [2.24, 2.45) is 0 Å². The van der Waals surface area contributed by atoms with Crippen LogP contribution in [0.4, 0.5) is 17.1 Å². The second kappa shape index (κ2) is 12.4. The van der Waals surface area contributed by atoms with Gasteiger partial charge < -0.3 is 14.4 Å². The lowest BCUT2D eigenvalue weighted by molar-refractivity contribution is 0.462. The molecule has 0 saturated heterocycles. The van der Waals surface area contributed by atoms with E-state index in [4.69, 9.17) is 9.47 Å². The Morgan fingerprint density at radius 3 is 1.70 bits per heavy atom. The standard InChI is InChI=1S/C52H54BNO2/c1-12-51(8,9)34-24-29-41-39(30-34)53-47-42(55-41)18-15-19-43(47)56-44-31-40(45-37-16-13-14-17-38(37)52(10,11)46(45)48(44)53)54(35-25-20-32(21-26-35)49(2,3)4)36-27-22-33(23-28-36)50(5,6)7/h13-31H,12H2,1-11H3. The molecule has 0 atom stereocenters. The molecule has 0 radical (unpaired) electrons. The average molecular weight is 736 g/mol. The molecule has 3 aliphatic rings. The molecule has 0 saturated carbocycles. The van der Waals surface area contributed by atoms with Crippen molar-refractivity contribution in [1.29, 1.82) is 0 Å². The molecule has 3 nitrogen and oxygen atoms in total. The first-order chi connectivity index (χ1) is 26.5. The molecule has 9 rings (SSSR count). The molecule has 0 bridgehead atoms. The molecule has 0 N–H and O–H groups in total. The van der Waals surface area contributed by atoms with Crippen LogP contribution in [0.3, 0.4) is 0 Å². The quantitative estimate of drug-likeness (QED) is 0.164. The van der Waals surface area contributed by atoms with Crippen molar-refractivity contribution in [3.63, 3.8) is 0 Å². The maximum absolute atomic E-state index is 7.16. The summed E-state index contributed by atoms with van der Waals surface area (Å²) in [6.45, 7) is 25.4. The van der Waals surface area contributed by atoms with Crippen molar-refractivity contribution in [3.05, 3.63) is 143 Å². The SMILES string of the molecule is CCC(C)(C)c1ccc2c(c1)B1c3c(cccc3Oc3cc(N(c4ccc(C(C)(C)C)cc4)c4ccc(C(C)(C)C)cc4)c4c(c31)C(C)(C)c1ccccc1-4)O2. The van der Waals surface area contributed by atoms with E-state index in [1.165, 1.54) is 49.9 Å². The summed E-state index contributed by atoms with van der Waals surface area (Å²) in [4.78, 5) is 2.46. The van der Waals surface area contributed by atoms with Crippen LogP contribution in [0.1, 0.15) is 110 Å². The summed E-state index contributed by atoms with van der Waals surface area (Å²) in [7, 11) is 0. The van der Waals surface area contributed by atoms with Crippen LogP contribution >= 0.6 is 0 Å². The minimum Gasteiger partial charge on any atom is -0.458 e. The zero-order valence-electron chi connectivity index (χ0n) is 35.0. The number of nitrogens with zero attached hydrogens (tertiary/aromatic N) is 1. The highest BCUT2D eigenvalue weighted by molar-refractivity contribution is 6.98. The van der Waals surface area contributed by atoms with E-state index in [1.807, 2.05) is 0 Å². The summed E-state index contributed by atoms with van der Waals surface area (Å²) in [6, 6.07) is 42.9. The fourth-order valence-electron chi connectivity index (χ4n) is 9.33. The van der Waals surface area contributed by atoms with Crippen LogP contribution in [-0.2, 0) is 21.7 Å². The molecule has 1 aliphatic carbocycles. The monoisotopic (exact) mass is 735 g/mol. The van der Waals surface area contributed by atoms with E-state index in [0.29, 0.717) is 0 Å². The van der Waals surface area contributed by atoms with Gasteiger partial charge >= 0.3 is 0 Å². The van der Waals surface area contributed by atoms with Gasteiger partial charge in [0.25, 0.3) is 6.71 Å². The predicted octanol–water partition coefficient (Wildman–Crippen LogP) is 12.5. The van der Waals surface area contributed by atoms with Crippen molar-refractivity contribution < 1.29 is 9.47 Å². The molecule has 4 heteroatoms. The van der Waals surface area contributed by atoms with Crippen LogP contribution in [0.2, 0.25) is 0 Å². The number of hydrogen-bond donors (Lipinski definition) is 0. The first-order valence-electron chi connectivity index (χ1n) is 20.4. The lowest BCUT2D eigenvalue weighted by Crippen LogP contribution is -2.59. The van der Waals surface area contributed by atoms with Crippen LogP contribution in [-0.4, -0.2) is 6.71 Å². The lowest BCUT2D eigenvalue weighted by atomic mass is 9.33. The Morgan fingerprint density at radius 1 is 0.571 bits per heavy atom. The molecule has 0 unspecified atom stereocenters. The van der Waals surface area contributed by atoms with Crippen molar-refractivity contribution in [2.75, 3.05) is 4.90 Å². The summed E-state index contributed by atoms with van der Waals surface area (Å²) >= 11 is 0. The van der Waals surface area contributed by atoms with Crippen LogP contribution < -0.4 is 30.8 Å². The van der Waals surface area contributed by atoms with Gasteiger partial charge in [0.2, 0.25) is 0 Å². The summed E-state index contributed by atoms with van der Waals surface area (Å²) in [6.07, 6.45) is 1.04. The molecule has 282 valence electrons. The van der Waals surface area contributed by atoms with Crippen LogP contribution in [0.15, 0.2) is 115 Å². The minimum absolute atomic E-state index is 0.0235. The zero-order valence-corrected chi connectivity index (χ0v) is 35.0. The lowest BCUT2D eigenvalue weighted by Gasteiger charge is -2.38. The first kappa shape index (κ1) is 36.4. The molecule has 0 fully saturated rings. The molecule has 56 heavy (non-hydrogen) atoms. The number of rotatable bonds is 5. The van der Waals surface area contributed by atoms with Gasteiger partial charge in [-0.15, -0.1) is 0 Å². The van der Waals surface area contributed by atoms with E-state index in [-0.39, 0.29) is 28.4 Å². The first-order valence-corrected chi connectivity index (χ1v) is 20.4. The maximum Gasteiger partial charge on any atom is 0.261 e. The average Bonchev–Trinajstić information content (AvgIpc) is 3.41. The fraction of sp³-hybridized carbons (Fsp3) is 0.308. The summed E-state index contributed by atoms with van der Waals surface area (Å²) in [5.41, 5.74) is 15.9. The number of hydrogen-bond acceptors (Lipinski definition) is 3. The Bertz CT molecular complexity index is 2470. The Hall–Kier alpha value is -5.22. The van der Waals surface area contributed by atoms with Gasteiger partial charge in [0.15, 0.2) is 0 Å². The largest absolute Gasteiger partial charge is 0.458 e. The molecule has 0 amide bonds. The Labute approximate surface area is 334 Å². The number of fused-ring (bicyclic) bond motifs is 8. The van der Waals surface area contributed by atoms with Crippen LogP contribution in [0.5, 0.6) is 23.0 Å². The predicted molar refractivity (Wildman–Crippen MR) is 237 cm³/mol. The minimum atomic E-state index is -0.307. The van der Waals surface area contributed by atoms with Gasteiger partial charge in [0, 0.05) is 33.9 Å². The molecule has 6 aromatic carbocycles. The second-order valence-electron chi connectivity index (χ2n) is 19.5. The normalized spacial score (nSPS) is 14.8. The van der Waals surface area contributed by atoms with Gasteiger partial charge in [0.05, 0.1) is 5.69 Å². The highest BCUT2D eigenvalue weighted by Crippen LogP contribution is 2.56. The van der Waals surface area contributed by atoms with Crippen molar-refractivity contribution >= 4 is 40.2 Å². The number of anilines is 3.